The van der Waals surface area contributed by atoms with Gasteiger partial charge in [0.05, 0.1) is 12.2 Å². The predicted octanol–water partition coefficient (Wildman–Crippen LogP) is 4.28. The Balaban J connectivity index is 1.26. The molecule has 4 aromatic rings. The molecule has 2 N–H and O–H groups in total. The summed E-state index contributed by atoms with van der Waals surface area (Å²) in [5.74, 6) is 1.17. The van der Waals surface area contributed by atoms with Gasteiger partial charge in [0.1, 0.15) is 0 Å². The summed E-state index contributed by atoms with van der Waals surface area (Å²) in [6, 6.07) is 14.9. The molecule has 33 heavy (non-hydrogen) atoms. The first-order chi connectivity index (χ1) is 16.3. The summed E-state index contributed by atoms with van der Waals surface area (Å²) in [7, 11) is 0. The van der Waals surface area contributed by atoms with E-state index in [1.165, 1.54) is 16.8 Å². The average Bonchev–Trinajstić information content (AvgIpc) is 3.53. The second-order valence-corrected chi connectivity index (χ2v) is 8.80. The molecule has 166 valence electrons. The molecule has 0 aliphatic carbocycles. The number of aliphatic hydroxyl groups is 1. The number of rotatable bonds is 5. The fourth-order valence-electron chi connectivity index (χ4n) is 4.69. The summed E-state index contributed by atoms with van der Waals surface area (Å²) in [6.45, 7) is 3.00. The molecule has 1 saturated heterocycles. The summed E-state index contributed by atoms with van der Waals surface area (Å²) in [5, 5.41) is 12.8. The minimum absolute atomic E-state index is 0.296. The number of anilines is 3. The molecule has 0 radical (unpaired) electrons. The molecule has 0 atom stereocenters. The zero-order valence-electron chi connectivity index (χ0n) is 18.4. The number of benzene rings is 2. The molecule has 7 heteroatoms. The third-order valence-corrected chi connectivity index (χ3v) is 6.67. The highest BCUT2D eigenvalue weighted by Crippen LogP contribution is 2.29. The van der Waals surface area contributed by atoms with Crippen LogP contribution >= 0.6 is 0 Å². The summed E-state index contributed by atoms with van der Waals surface area (Å²) < 4.78 is 2.01. The molecular weight excluding hydrogens is 412 g/mol. The van der Waals surface area contributed by atoms with Crippen LogP contribution in [0, 0.1) is 5.92 Å². The van der Waals surface area contributed by atoms with Gasteiger partial charge in [-0.1, -0.05) is 12.1 Å². The van der Waals surface area contributed by atoms with E-state index in [0.717, 1.165) is 60.9 Å². The van der Waals surface area contributed by atoms with Crippen molar-refractivity contribution in [3.8, 4) is 11.3 Å². The molecule has 2 aliphatic rings. The maximum atomic E-state index is 9.37. The van der Waals surface area contributed by atoms with Crippen LogP contribution in [-0.4, -0.2) is 45.4 Å². The van der Waals surface area contributed by atoms with Crippen LogP contribution in [0.3, 0.4) is 0 Å². The highest BCUT2D eigenvalue weighted by Gasteiger charge is 2.19. The zero-order chi connectivity index (χ0) is 22.2. The van der Waals surface area contributed by atoms with Crippen LogP contribution in [0.25, 0.3) is 16.9 Å². The molecule has 7 nitrogen and oxygen atoms in total. The van der Waals surface area contributed by atoms with Crippen LogP contribution in [0.15, 0.2) is 66.0 Å². The number of hydrogen-bond donors (Lipinski definition) is 2. The van der Waals surface area contributed by atoms with Crippen molar-refractivity contribution in [1.82, 2.24) is 14.4 Å². The van der Waals surface area contributed by atoms with Gasteiger partial charge < -0.3 is 19.7 Å². The monoisotopic (exact) mass is 438 g/mol. The van der Waals surface area contributed by atoms with Crippen LogP contribution in [0.2, 0.25) is 0 Å². The second kappa shape index (κ2) is 8.33. The summed E-state index contributed by atoms with van der Waals surface area (Å²) in [4.78, 5) is 16.2. The number of piperidine rings is 1. The lowest BCUT2D eigenvalue weighted by molar-refractivity contribution is 0.203. The Hall–Kier alpha value is -3.71. The number of imidazole rings is 1. The van der Waals surface area contributed by atoms with Crippen molar-refractivity contribution in [3.63, 3.8) is 0 Å². The Morgan fingerprint density at radius 2 is 1.91 bits per heavy atom. The quantitative estimate of drug-likeness (QED) is 0.486. The van der Waals surface area contributed by atoms with Crippen LogP contribution in [0.4, 0.5) is 17.2 Å². The van der Waals surface area contributed by atoms with E-state index in [1.807, 2.05) is 23.0 Å². The SMILES string of the molecule is OCC1CCN(c2ccc(Nc3nc(-c4ccc5c(c4)CN=C5)cn4ccnc34)cc2)CC1. The first-order valence-corrected chi connectivity index (χ1v) is 11.5. The normalized spacial score (nSPS) is 15.8. The van der Waals surface area contributed by atoms with Gasteiger partial charge in [0.15, 0.2) is 11.5 Å². The minimum atomic E-state index is 0.296. The zero-order valence-corrected chi connectivity index (χ0v) is 18.4. The average molecular weight is 439 g/mol. The lowest BCUT2D eigenvalue weighted by atomic mass is 9.97. The topological polar surface area (TPSA) is 78.0 Å². The lowest BCUT2D eigenvalue weighted by Gasteiger charge is -2.33. The standard InChI is InChI=1S/C26H26N6O/c33-17-18-7-10-31(11-8-18)23-5-3-22(4-6-23)29-25-26-28-9-12-32(26)16-24(30-25)19-1-2-20-14-27-15-21(20)13-19/h1-6,9,12-14,16,18,33H,7-8,10-11,15,17H2,(H,29,30). The molecule has 2 aromatic heterocycles. The third-order valence-electron chi connectivity index (χ3n) is 6.67. The number of aliphatic hydroxyl groups excluding tert-OH is 1. The Bertz CT molecular complexity index is 1320. The van der Waals surface area contributed by atoms with Crippen molar-refractivity contribution in [2.45, 2.75) is 19.4 Å². The number of hydrogen-bond acceptors (Lipinski definition) is 6. The molecule has 6 rings (SSSR count). The van der Waals surface area contributed by atoms with Crippen LogP contribution in [0.1, 0.15) is 24.0 Å². The molecule has 0 unspecified atom stereocenters. The Kier molecular flexibility index (Phi) is 5.03. The number of aliphatic imine (C=N–C) groups is 1. The van der Waals surface area contributed by atoms with Gasteiger partial charge in [0.25, 0.3) is 0 Å². The van der Waals surface area contributed by atoms with Crippen molar-refractivity contribution in [1.29, 1.82) is 0 Å². The highest BCUT2D eigenvalue weighted by molar-refractivity contribution is 5.86. The molecule has 4 heterocycles. The van der Waals surface area contributed by atoms with Crippen molar-refractivity contribution in [2.24, 2.45) is 10.9 Å². The van der Waals surface area contributed by atoms with Crippen LogP contribution < -0.4 is 10.2 Å². The maximum Gasteiger partial charge on any atom is 0.180 e. The third kappa shape index (κ3) is 3.85. The number of fused-ring (bicyclic) bond motifs is 2. The fourth-order valence-corrected chi connectivity index (χ4v) is 4.69. The van der Waals surface area contributed by atoms with Crippen molar-refractivity contribution in [2.75, 3.05) is 29.9 Å². The minimum Gasteiger partial charge on any atom is -0.396 e. The van der Waals surface area contributed by atoms with Gasteiger partial charge in [-0.15, -0.1) is 0 Å². The molecular formula is C26H26N6O. The second-order valence-electron chi connectivity index (χ2n) is 8.80. The van der Waals surface area contributed by atoms with Gasteiger partial charge in [-0.05, 0) is 60.2 Å². The van der Waals surface area contributed by atoms with E-state index in [9.17, 15) is 5.11 Å². The van der Waals surface area contributed by atoms with Crippen molar-refractivity contribution >= 4 is 29.1 Å². The highest BCUT2D eigenvalue weighted by atomic mass is 16.3. The Morgan fingerprint density at radius 1 is 1.06 bits per heavy atom. The van der Waals surface area contributed by atoms with Crippen molar-refractivity contribution in [3.05, 3.63) is 72.2 Å². The first-order valence-electron chi connectivity index (χ1n) is 11.5. The summed E-state index contributed by atoms with van der Waals surface area (Å²) in [6.07, 6.45) is 9.77. The lowest BCUT2D eigenvalue weighted by Crippen LogP contribution is -2.34. The molecule has 2 aliphatic heterocycles. The van der Waals surface area contributed by atoms with E-state index < -0.39 is 0 Å². The smallest absolute Gasteiger partial charge is 0.180 e. The van der Waals surface area contributed by atoms with Gasteiger partial charge in [-0.25, -0.2) is 9.97 Å². The molecule has 1 fully saturated rings. The molecule has 0 amide bonds. The van der Waals surface area contributed by atoms with Gasteiger partial charge in [0, 0.05) is 61.4 Å². The summed E-state index contributed by atoms with van der Waals surface area (Å²) >= 11 is 0. The van der Waals surface area contributed by atoms with E-state index in [2.05, 4.69) is 62.7 Å². The number of nitrogens with zero attached hydrogens (tertiary/aromatic N) is 5. The Labute approximate surface area is 192 Å². The van der Waals surface area contributed by atoms with Gasteiger partial charge in [-0.3, -0.25) is 4.99 Å². The molecule has 0 spiro atoms. The summed E-state index contributed by atoms with van der Waals surface area (Å²) in [5.41, 5.74) is 7.35. The Morgan fingerprint density at radius 3 is 2.73 bits per heavy atom. The van der Waals surface area contributed by atoms with E-state index in [0.29, 0.717) is 12.5 Å². The predicted molar refractivity (Wildman–Crippen MR) is 131 cm³/mol. The van der Waals surface area contributed by atoms with Crippen LogP contribution in [-0.2, 0) is 6.54 Å². The van der Waals surface area contributed by atoms with Crippen molar-refractivity contribution < 1.29 is 5.11 Å². The maximum absolute atomic E-state index is 9.37. The fraction of sp³-hybridized carbons (Fsp3) is 0.269. The van der Waals surface area contributed by atoms with Crippen LogP contribution in [0.5, 0.6) is 0 Å². The van der Waals surface area contributed by atoms with Gasteiger partial charge in [0.2, 0.25) is 0 Å². The number of aromatic nitrogens is 3. The van der Waals surface area contributed by atoms with E-state index in [-0.39, 0.29) is 0 Å². The molecule has 0 saturated carbocycles. The van der Waals surface area contributed by atoms with E-state index >= 15 is 0 Å². The number of nitrogens with one attached hydrogen (secondary N) is 1. The molecule has 0 bridgehead atoms. The molecule has 2 aromatic carbocycles. The van der Waals surface area contributed by atoms with Gasteiger partial charge in [-0.2, -0.15) is 0 Å². The largest absolute Gasteiger partial charge is 0.396 e. The van der Waals surface area contributed by atoms with Gasteiger partial charge >= 0.3 is 0 Å². The van der Waals surface area contributed by atoms with E-state index in [4.69, 9.17) is 4.98 Å². The first kappa shape index (κ1) is 19.9. The van der Waals surface area contributed by atoms with E-state index in [1.54, 1.807) is 6.20 Å².